The summed E-state index contributed by atoms with van der Waals surface area (Å²) in [6, 6.07) is 7.94. The molecule has 2 aliphatic carbocycles. The predicted octanol–water partition coefficient (Wildman–Crippen LogP) is 3.29. The molecule has 2 aliphatic rings. The largest absolute Gasteiger partial charge is 0.309 e. The van der Waals surface area contributed by atoms with Gasteiger partial charge in [-0.3, -0.25) is 0 Å². The fourth-order valence-electron chi connectivity index (χ4n) is 4.23. The fraction of sp³-hybridized carbons (Fsp3) is 0.647. The third kappa shape index (κ3) is 3.16. The Kier molecular flexibility index (Phi) is 4.10. The van der Waals surface area contributed by atoms with Crippen LogP contribution < -0.4 is 5.32 Å². The maximum absolute atomic E-state index is 11.5. The van der Waals surface area contributed by atoms with Gasteiger partial charge in [-0.15, -0.1) is 0 Å². The van der Waals surface area contributed by atoms with Gasteiger partial charge in [0.05, 0.1) is 4.90 Å². The van der Waals surface area contributed by atoms with Gasteiger partial charge in [-0.1, -0.05) is 31.4 Å². The van der Waals surface area contributed by atoms with E-state index in [9.17, 15) is 8.42 Å². The Balaban J connectivity index is 1.62. The summed E-state index contributed by atoms with van der Waals surface area (Å²) in [4.78, 5) is 0.402. The van der Waals surface area contributed by atoms with E-state index < -0.39 is 9.84 Å². The zero-order chi connectivity index (χ0) is 14.9. The molecule has 0 saturated heterocycles. The Morgan fingerprint density at radius 2 is 1.71 bits per heavy atom. The summed E-state index contributed by atoms with van der Waals surface area (Å²) in [5, 5.41) is 3.74. The average molecular weight is 307 g/mol. The molecule has 3 nitrogen and oxygen atoms in total. The summed E-state index contributed by atoms with van der Waals surface area (Å²) < 4.78 is 22.9. The van der Waals surface area contributed by atoms with Gasteiger partial charge in [-0.05, 0) is 48.8 Å². The van der Waals surface area contributed by atoms with Crippen LogP contribution in [0.3, 0.4) is 0 Å². The predicted molar refractivity (Wildman–Crippen MR) is 84.9 cm³/mol. The van der Waals surface area contributed by atoms with Crippen LogP contribution in [0.4, 0.5) is 0 Å². The SMILES string of the molecule is CS(=O)(=O)c1ccc(CNC2CCCC23CCCC3)cc1. The lowest BCUT2D eigenvalue weighted by atomic mass is 9.81. The average Bonchev–Trinajstić information content (AvgIpc) is 3.07. The normalized spacial score (nSPS) is 24.7. The molecule has 116 valence electrons. The maximum atomic E-state index is 11.5. The van der Waals surface area contributed by atoms with E-state index in [0.29, 0.717) is 16.4 Å². The van der Waals surface area contributed by atoms with E-state index in [1.54, 1.807) is 12.1 Å². The third-order valence-electron chi connectivity index (χ3n) is 5.41. The van der Waals surface area contributed by atoms with Gasteiger partial charge in [0.15, 0.2) is 9.84 Å². The van der Waals surface area contributed by atoms with Gasteiger partial charge in [0.25, 0.3) is 0 Å². The van der Waals surface area contributed by atoms with Crippen LogP contribution in [-0.2, 0) is 16.4 Å². The van der Waals surface area contributed by atoms with Crippen LogP contribution in [0.15, 0.2) is 29.2 Å². The van der Waals surface area contributed by atoms with Crippen molar-refractivity contribution in [3.63, 3.8) is 0 Å². The van der Waals surface area contributed by atoms with E-state index in [2.05, 4.69) is 5.32 Å². The Hall–Kier alpha value is -0.870. The Labute approximate surface area is 128 Å². The summed E-state index contributed by atoms with van der Waals surface area (Å²) in [5.74, 6) is 0. The molecule has 2 saturated carbocycles. The zero-order valence-electron chi connectivity index (χ0n) is 12.8. The fourth-order valence-corrected chi connectivity index (χ4v) is 4.86. The van der Waals surface area contributed by atoms with E-state index in [-0.39, 0.29) is 0 Å². The van der Waals surface area contributed by atoms with Gasteiger partial charge < -0.3 is 5.32 Å². The molecule has 1 N–H and O–H groups in total. The minimum atomic E-state index is -3.09. The highest BCUT2D eigenvalue weighted by Gasteiger charge is 2.43. The first kappa shape index (κ1) is 15.0. The minimum Gasteiger partial charge on any atom is -0.309 e. The summed E-state index contributed by atoms with van der Waals surface area (Å²) in [6.45, 7) is 0.844. The zero-order valence-corrected chi connectivity index (χ0v) is 13.6. The Bertz CT molecular complexity index is 580. The second kappa shape index (κ2) is 5.73. The molecule has 1 aromatic carbocycles. The molecule has 0 radical (unpaired) electrons. The topological polar surface area (TPSA) is 46.2 Å². The van der Waals surface area contributed by atoms with E-state index in [4.69, 9.17) is 0 Å². The number of rotatable bonds is 4. The van der Waals surface area contributed by atoms with Gasteiger partial charge in [0.2, 0.25) is 0 Å². The number of hydrogen-bond acceptors (Lipinski definition) is 3. The van der Waals surface area contributed by atoms with E-state index >= 15 is 0 Å². The Morgan fingerprint density at radius 3 is 2.33 bits per heavy atom. The first-order valence-corrected chi connectivity index (χ1v) is 9.91. The number of nitrogens with one attached hydrogen (secondary N) is 1. The van der Waals surface area contributed by atoms with Crippen LogP contribution in [0.5, 0.6) is 0 Å². The molecule has 0 amide bonds. The standard InChI is InChI=1S/C17H25NO2S/c1-21(19,20)15-8-6-14(7-9-15)13-18-16-5-4-12-17(16)10-2-3-11-17/h6-9,16,18H,2-5,10-13H2,1H3. The summed E-state index contributed by atoms with van der Waals surface area (Å²) >= 11 is 0. The highest BCUT2D eigenvalue weighted by Crippen LogP contribution is 2.50. The van der Waals surface area contributed by atoms with Crippen LogP contribution in [0.25, 0.3) is 0 Å². The first-order valence-electron chi connectivity index (χ1n) is 8.02. The summed E-state index contributed by atoms with van der Waals surface area (Å²) in [6.07, 6.45) is 10.8. The molecule has 1 aromatic rings. The van der Waals surface area contributed by atoms with Crippen molar-refractivity contribution in [2.45, 2.75) is 62.4 Å². The van der Waals surface area contributed by atoms with Gasteiger partial charge in [0, 0.05) is 18.8 Å². The van der Waals surface area contributed by atoms with Crippen LogP contribution >= 0.6 is 0 Å². The van der Waals surface area contributed by atoms with Gasteiger partial charge >= 0.3 is 0 Å². The second-order valence-electron chi connectivity index (χ2n) is 6.81. The molecule has 0 aromatic heterocycles. The Morgan fingerprint density at radius 1 is 1.10 bits per heavy atom. The number of benzene rings is 1. The van der Waals surface area contributed by atoms with Crippen molar-refractivity contribution in [1.82, 2.24) is 5.32 Å². The maximum Gasteiger partial charge on any atom is 0.175 e. The molecule has 1 unspecified atom stereocenters. The molecule has 2 fully saturated rings. The van der Waals surface area contributed by atoms with Crippen molar-refractivity contribution >= 4 is 9.84 Å². The van der Waals surface area contributed by atoms with Crippen molar-refractivity contribution in [1.29, 1.82) is 0 Å². The molecule has 1 atom stereocenters. The molecular formula is C17H25NO2S. The van der Waals surface area contributed by atoms with Crippen LogP contribution in [0, 0.1) is 5.41 Å². The van der Waals surface area contributed by atoms with Crippen LogP contribution in [0.1, 0.15) is 50.5 Å². The van der Waals surface area contributed by atoms with Crippen molar-refractivity contribution in [2.24, 2.45) is 5.41 Å². The molecule has 3 rings (SSSR count). The van der Waals surface area contributed by atoms with E-state index in [1.807, 2.05) is 12.1 Å². The minimum absolute atomic E-state index is 0.402. The smallest absolute Gasteiger partial charge is 0.175 e. The highest BCUT2D eigenvalue weighted by molar-refractivity contribution is 7.90. The second-order valence-corrected chi connectivity index (χ2v) is 8.83. The highest BCUT2D eigenvalue weighted by atomic mass is 32.2. The monoisotopic (exact) mass is 307 g/mol. The molecule has 1 spiro atoms. The summed E-state index contributed by atoms with van der Waals surface area (Å²) in [5.41, 5.74) is 1.73. The van der Waals surface area contributed by atoms with E-state index in [1.165, 1.54) is 56.8 Å². The van der Waals surface area contributed by atoms with Gasteiger partial charge in [-0.2, -0.15) is 0 Å². The molecular weight excluding hydrogens is 282 g/mol. The molecule has 0 heterocycles. The van der Waals surface area contributed by atoms with Crippen molar-refractivity contribution in [2.75, 3.05) is 6.26 Å². The van der Waals surface area contributed by atoms with Gasteiger partial charge in [0.1, 0.15) is 0 Å². The lowest BCUT2D eigenvalue weighted by molar-refractivity contribution is 0.231. The van der Waals surface area contributed by atoms with Crippen LogP contribution in [0.2, 0.25) is 0 Å². The number of hydrogen-bond donors (Lipinski definition) is 1. The first-order chi connectivity index (χ1) is 10.00. The van der Waals surface area contributed by atoms with Crippen molar-refractivity contribution < 1.29 is 8.42 Å². The van der Waals surface area contributed by atoms with Crippen molar-refractivity contribution in [3.05, 3.63) is 29.8 Å². The van der Waals surface area contributed by atoms with Crippen molar-refractivity contribution in [3.8, 4) is 0 Å². The molecule has 0 aliphatic heterocycles. The van der Waals surface area contributed by atoms with Crippen LogP contribution in [-0.4, -0.2) is 20.7 Å². The van der Waals surface area contributed by atoms with E-state index in [0.717, 1.165) is 6.54 Å². The van der Waals surface area contributed by atoms with Gasteiger partial charge in [-0.25, -0.2) is 8.42 Å². The lowest BCUT2D eigenvalue weighted by Gasteiger charge is -2.32. The molecule has 0 bridgehead atoms. The molecule has 21 heavy (non-hydrogen) atoms. The summed E-state index contributed by atoms with van der Waals surface area (Å²) in [7, 11) is -3.09. The number of sulfone groups is 1. The third-order valence-corrected chi connectivity index (χ3v) is 6.54. The molecule has 4 heteroatoms. The quantitative estimate of drug-likeness (QED) is 0.928. The lowest BCUT2D eigenvalue weighted by Crippen LogP contribution is -2.39.